The van der Waals surface area contributed by atoms with Gasteiger partial charge in [0.25, 0.3) is 0 Å². The summed E-state index contributed by atoms with van der Waals surface area (Å²) in [5.41, 5.74) is -5.53. The molecule has 0 unspecified atom stereocenters. The van der Waals surface area contributed by atoms with Crippen LogP contribution < -0.4 is 0 Å². The number of benzene rings is 3. The van der Waals surface area contributed by atoms with Gasteiger partial charge in [-0.3, -0.25) is 4.55 Å². The van der Waals surface area contributed by atoms with E-state index in [-0.39, 0.29) is 0 Å². The zero-order valence-electron chi connectivity index (χ0n) is 12.6. The monoisotopic (exact) mass is 386 g/mol. The number of rotatable bonds is 2. The second kappa shape index (κ2) is 7.90. The fourth-order valence-electron chi connectivity index (χ4n) is 1.90. The number of fused-ring (bicyclic) bond motifs is 1. The summed E-state index contributed by atoms with van der Waals surface area (Å²) in [7, 11) is -5.84. The zero-order chi connectivity index (χ0) is 18.5. The molecule has 0 spiro atoms. The molecular formula is C17H13F3O3S2. The third kappa shape index (κ3) is 5.48. The van der Waals surface area contributed by atoms with E-state index in [1.165, 1.54) is 20.6 Å². The molecule has 132 valence electrons. The van der Waals surface area contributed by atoms with E-state index in [2.05, 4.69) is 66.7 Å². The molecule has 0 atom stereocenters. The van der Waals surface area contributed by atoms with Crippen molar-refractivity contribution < 1.29 is 26.1 Å². The first kappa shape index (κ1) is 19.3. The molecule has 0 aromatic heterocycles. The normalized spacial score (nSPS) is 11.7. The van der Waals surface area contributed by atoms with Gasteiger partial charge in [-0.2, -0.15) is 21.6 Å². The van der Waals surface area contributed by atoms with E-state index in [1.807, 2.05) is 17.8 Å². The highest BCUT2D eigenvalue weighted by molar-refractivity contribution is 7.99. The minimum absolute atomic E-state index is 1.28. The van der Waals surface area contributed by atoms with Crippen molar-refractivity contribution in [2.45, 2.75) is 15.3 Å². The van der Waals surface area contributed by atoms with Crippen LogP contribution in [0.2, 0.25) is 0 Å². The molecule has 0 saturated heterocycles. The molecular weight excluding hydrogens is 373 g/mol. The first-order valence-corrected chi connectivity index (χ1v) is 9.18. The number of alkyl halides is 3. The van der Waals surface area contributed by atoms with Crippen LogP contribution in [0.4, 0.5) is 13.2 Å². The Morgan fingerprint density at radius 1 is 0.800 bits per heavy atom. The highest BCUT2D eigenvalue weighted by atomic mass is 32.2. The van der Waals surface area contributed by atoms with Crippen LogP contribution in [0.5, 0.6) is 0 Å². The molecule has 3 aromatic carbocycles. The van der Waals surface area contributed by atoms with Crippen molar-refractivity contribution in [2.24, 2.45) is 0 Å². The molecule has 0 fully saturated rings. The topological polar surface area (TPSA) is 54.4 Å². The standard InChI is InChI=1S/C16H12S.CHF3O3S/c1-2-9-14(10-3-1)17-16-12-6-8-13-7-4-5-11-15(13)16;2-1(3,4)8(5,6)7/h1-12H;(H,5,6,7). The maximum atomic E-state index is 10.7. The maximum absolute atomic E-state index is 10.7. The molecule has 0 radical (unpaired) electrons. The van der Waals surface area contributed by atoms with Crippen molar-refractivity contribution in [2.75, 3.05) is 0 Å². The summed E-state index contributed by atoms with van der Waals surface area (Å²) in [6.45, 7) is 0. The van der Waals surface area contributed by atoms with Crippen LogP contribution in [0.1, 0.15) is 0 Å². The van der Waals surface area contributed by atoms with Crippen LogP contribution in [-0.4, -0.2) is 18.5 Å². The van der Waals surface area contributed by atoms with Gasteiger partial charge < -0.3 is 0 Å². The van der Waals surface area contributed by atoms with Gasteiger partial charge >= 0.3 is 15.6 Å². The molecule has 0 heterocycles. The quantitative estimate of drug-likeness (QED) is 0.474. The Kier molecular flexibility index (Phi) is 6.10. The summed E-state index contributed by atoms with van der Waals surface area (Å²) in [6.07, 6.45) is 0. The third-order valence-corrected chi connectivity index (χ3v) is 4.68. The first-order chi connectivity index (χ1) is 11.7. The predicted molar refractivity (Wildman–Crippen MR) is 92.1 cm³/mol. The van der Waals surface area contributed by atoms with E-state index in [1.54, 1.807) is 0 Å². The lowest BCUT2D eigenvalue weighted by atomic mass is 10.1. The van der Waals surface area contributed by atoms with Crippen LogP contribution in [0.3, 0.4) is 0 Å². The van der Waals surface area contributed by atoms with Crippen molar-refractivity contribution in [3.8, 4) is 0 Å². The van der Waals surface area contributed by atoms with Gasteiger partial charge in [0.05, 0.1) is 0 Å². The van der Waals surface area contributed by atoms with E-state index in [4.69, 9.17) is 13.0 Å². The van der Waals surface area contributed by atoms with Crippen molar-refractivity contribution in [3.63, 3.8) is 0 Å². The van der Waals surface area contributed by atoms with Crippen molar-refractivity contribution in [3.05, 3.63) is 72.8 Å². The Morgan fingerprint density at radius 2 is 1.32 bits per heavy atom. The molecule has 0 aliphatic rings. The Labute approximate surface area is 147 Å². The third-order valence-electron chi connectivity index (χ3n) is 3.01. The van der Waals surface area contributed by atoms with Gasteiger partial charge in [-0.25, -0.2) is 0 Å². The first-order valence-electron chi connectivity index (χ1n) is 6.93. The lowest BCUT2D eigenvalue weighted by Gasteiger charge is -2.05. The summed E-state index contributed by atoms with van der Waals surface area (Å²) in [5.74, 6) is 0. The van der Waals surface area contributed by atoms with Gasteiger partial charge in [0.1, 0.15) is 0 Å². The van der Waals surface area contributed by atoms with Gasteiger partial charge in [0, 0.05) is 9.79 Å². The Bertz CT molecular complexity index is 935. The fourth-order valence-corrected chi connectivity index (χ4v) is 2.89. The predicted octanol–water partition coefficient (Wildman–Crippen LogP) is 5.39. The van der Waals surface area contributed by atoms with E-state index in [9.17, 15) is 13.2 Å². The smallest absolute Gasteiger partial charge is 0.279 e. The van der Waals surface area contributed by atoms with Gasteiger partial charge in [0.15, 0.2) is 0 Å². The van der Waals surface area contributed by atoms with E-state index in [0.29, 0.717) is 0 Å². The van der Waals surface area contributed by atoms with Crippen LogP contribution >= 0.6 is 11.8 Å². The molecule has 1 N–H and O–H groups in total. The van der Waals surface area contributed by atoms with Gasteiger partial charge in [-0.15, -0.1) is 0 Å². The van der Waals surface area contributed by atoms with Crippen LogP contribution in [-0.2, 0) is 10.1 Å². The van der Waals surface area contributed by atoms with E-state index < -0.39 is 15.6 Å². The van der Waals surface area contributed by atoms with Crippen molar-refractivity contribution in [1.82, 2.24) is 0 Å². The van der Waals surface area contributed by atoms with Gasteiger partial charge in [-0.05, 0) is 29.0 Å². The summed E-state index contributed by atoms with van der Waals surface area (Å²) in [6, 6.07) is 25.5. The molecule has 0 aliphatic carbocycles. The molecule has 3 aromatic rings. The van der Waals surface area contributed by atoms with Crippen LogP contribution in [0, 0.1) is 0 Å². The summed E-state index contributed by atoms with van der Waals surface area (Å²) < 4.78 is 57.5. The Morgan fingerprint density at radius 3 is 1.92 bits per heavy atom. The largest absolute Gasteiger partial charge is 0.522 e. The van der Waals surface area contributed by atoms with E-state index >= 15 is 0 Å². The molecule has 0 amide bonds. The number of halogens is 3. The highest BCUT2D eigenvalue weighted by Gasteiger charge is 2.44. The number of hydrogen-bond acceptors (Lipinski definition) is 3. The van der Waals surface area contributed by atoms with Gasteiger partial charge in [0.2, 0.25) is 0 Å². The Hall–Kier alpha value is -2.03. The minimum Gasteiger partial charge on any atom is -0.279 e. The molecule has 0 aliphatic heterocycles. The summed E-state index contributed by atoms with van der Waals surface area (Å²) >= 11 is 1.82. The summed E-state index contributed by atoms with van der Waals surface area (Å²) in [4.78, 5) is 2.60. The van der Waals surface area contributed by atoms with Crippen LogP contribution in [0.15, 0.2) is 82.6 Å². The lowest BCUT2D eigenvalue weighted by Crippen LogP contribution is -2.21. The molecule has 25 heavy (non-hydrogen) atoms. The van der Waals surface area contributed by atoms with Gasteiger partial charge in [-0.1, -0.05) is 66.4 Å². The van der Waals surface area contributed by atoms with Crippen molar-refractivity contribution in [1.29, 1.82) is 0 Å². The lowest BCUT2D eigenvalue weighted by molar-refractivity contribution is -0.0510. The summed E-state index contributed by atoms with van der Waals surface area (Å²) in [5, 5.41) is 2.62. The number of hydrogen-bond donors (Lipinski definition) is 1. The average molecular weight is 386 g/mol. The Balaban J connectivity index is 0.000000242. The molecule has 0 saturated carbocycles. The highest BCUT2D eigenvalue weighted by Crippen LogP contribution is 2.33. The second-order valence-corrected chi connectivity index (χ2v) is 7.34. The van der Waals surface area contributed by atoms with Crippen molar-refractivity contribution >= 4 is 32.7 Å². The maximum Gasteiger partial charge on any atom is 0.522 e. The average Bonchev–Trinajstić information content (AvgIpc) is 2.55. The second-order valence-electron chi connectivity index (χ2n) is 4.81. The molecule has 8 heteroatoms. The molecule has 3 rings (SSSR count). The van der Waals surface area contributed by atoms with E-state index in [0.717, 1.165) is 0 Å². The van der Waals surface area contributed by atoms with Crippen LogP contribution in [0.25, 0.3) is 10.8 Å². The molecule has 3 nitrogen and oxygen atoms in total. The minimum atomic E-state index is -5.84. The fraction of sp³-hybridized carbons (Fsp3) is 0.0588. The zero-order valence-corrected chi connectivity index (χ0v) is 14.3. The SMILES string of the molecule is O=S(=O)(O)C(F)(F)F.c1ccc(Sc2cccc3ccccc23)cc1. The molecule has 0 bridgehead atoms.